The summed E-state index contributed by atoms with van der Waals surface area (Å²) >= 11 is 5.88. The molecule has 0 aromatic heterocycles. The third-order valence-electron chi connectivity index (χ3n) is 3.62. The maximum Gasteiger partial charge on any atom is 0.0406 e. The van der Waals surface area contributed by atoms with Crippen molar-refractivity contribution >= 4 is 23.0 Å². The molecule has 3 heteroatoms. The number of fused-ring (bicyclic) bond motifs is 1. The largest absolute Gasteiger partial charge is 0.381 e. The molecule has 1 N–H and O–H groups in total. The van der Waals surface area contributed by atoms with Crippen molar-refractivity contribution in [1.82, 2.24) is 0 Å². The lowest BCUT2D eigenvalue weighted by Gasteiger charge is -2.13. The topological polar surface area (TPSA) is 15.3 Å². The van der Waals surface area contributed by atoms with Gasteiger partial charge in [0.2, 0.25) is 0 Å². The Morgan fingerprint density at radius 1 is 1.16 bits per heavy atom. The molecule has 1 aliphatic rings. The zero-order valence-corrected chi connectivity index (χ0v) is 11.7. The highest BCUT2D eigenvalue weighted by molar-refractivity contribution is 6.30. The average Bonchev–Trinajstić information content (AvgIpc) is 2.79. The van der Waals surface area contributed by atoms with Crippen molar-refractivity contribution in [3.63, 3.8) is 0 Å². The Kier molecular flexibility index (Phi) is 3.34. The number of benzene rings is 2. The van der Waals surface area contributed by atoms with Crippen LogP contribution in [0.15, 0.2) is 42.5 Å². The Morgan fingerprint density at radius 2 is 1.95 bits per heavy atom. The fraction of sp³-hybridized carbons (Fsp3) is 0.250. The molecule has 0 fully saturated rings. The van der Waals surface area contributed by atoms with E-state index >= 15 is 0 Å². The number of halogens is 1. The zero-order chi connectivity index (χ0) is 13.2. The summed E-state index contributed by atoms with van der Waals surface area (Å²) in [6, 6.07) is 14.6. The smallest absolute Gasteiger partial charge is 0.0406 e. The summed E-state index contributed by atoms with van der Waals surface area (Å²) in [5.41, 5.74) is 5.21. The normalized spacial score (nSPS) is 13.5. The molecule has 0 atom stereocenters. The number of anilines is 2. The summed E-state index contributed by atoms with van der Waals surface area (Å²) in [5.74, 6) is 0. The van der Waals surface area contributed by atoms with Crippen LogP contribution < -0.4 is 10.2 Å². The molecule has 3 rings (SSSR count). The molecule has 2 nitrogen and oxygen atoms in total. The second-order valence-corrected chi connectivity index (χ2v) is 5.43. The van der Waals surface area contributed by atoms with Crippen LogP contribution in [0.3, 0.4) is 0 Å². The first-order valence-electron chi connectivity index (χ1n) is 6.55. The summed E-state index contributed by atoms with van der Waals surface area (Å²) < 4.78 is 0. The lowest BCUT2D eigenvalue weighted by Crippen LogP contribution is -2.12. The molecule has 98 valence electrons. The summed E-state index contributed by atoms with van der Waals surface area (Å²) in [5, 5.41) is 4.25. The first kappa shape index (κ1) is 12.4. The van der Waals surface area contributed by atoms with Gasteiger partial charge in [-0.05, 0) is 47.9 Å². The minimum absolute atomic E-state index is 0.782. The highest BCUT2D eigenvalue weighted by Gasteiger charge is 2.15. The Morgan fingerprint density at radius 3 is 2.74 bits per heavy atom. The summed E-state index contributed by atoms with van der Waals surface area (Å²) in [6.45, 7) is 1.95. The lowest BCUT2D eigenvalue weighted by atomic mass is 10.1. The quantitative estimate of drug-likeness (QED) is 0.910. The Bertz CT molecular complexity index is 578. The van der Waals surface area contributed by atoms with Crippen molar-refractivity contribution < 1.29 is 0 Å². The lowest BCUT2D eigenvalue weighted by molar-refractivity contribution is 0.956. The highest BCUT2D eigenvalue weighted by atomic mass is 35.5. The molecule has 0 spiro atoms. The first-order valence-corrected chi connectivity index (χ1v) is 6.92. The third kappa shape index (κ3) is 2.69. The minimum Gasteiger partial charge on any atom is -0.381 e. The summed E-state index contributed by atoms with van der Waals surface area (Å²) in [4.78, 5) is 2.30. The standard InChI is InChI=1S/C16H17ClN2/c1-19-9-8-13-10-15(6-7-16(13)19)18-11-12-2-4-14(17)5-3-12/h2-7,10,18H,8-9,11H2,1H3. The Balaban J connectivity index is 1.69. The van der Waals surface area contributed by atoms with Crippen molar-refractivity contribution in [2.75, 3.05) is 23.8 Å². The second-order valence-electron chi connectivity index (χ2n) is 5.00. The van der Waals surface area contributed by atoms with Crippen LogP contribution in [-0.4, -0.2) is 13.6 Å². The van der Waals surface area contributed by atoms with Crippen molar-refractivity contribution in [3.8, 4) is 0 Å². The number of likely N-dealkylation sites (N-methyl/N-ethyl adjacent to an activating group) is 1. The van der Waals surface area contributed by atoms with Crippen molar-refractivity contribution in [2.24, 2.45) is 0 Å². The first-order chi connectivity index (χ1) is 9.22. The molecule has 0 aliphatic carbocycles. The van der Waals surface area contributed by atoms with Gasteiger partial charge in [0.05, 0.1) is 0 Å². The summed E-state index contributed by atoms with van der Waals surface area (Å²) in [7, 11) is 2.15. The molecule has 0 saturated heterocycles. The van der Waals surface area contributed by atoms with Crippen LogP contribution in [-0.2, 0) is 13.0 Å². The number of nitrogens with zero attached hydrogens (tertiary/aromatic N) is 1. The number of hydrogen-bond acceptors (Lipinski definition) is 2. The molecular weight excluding hydrogens is 256 g/mol. The number of nitrogens with one attached hydrogen (secondary N) is 1. The van der Waals surface area contributed by atoms with Crippen LogP contribution in [0.1, 0.15) is 11.1 Å². The van der Waals surface area contributed by atoms with Gasteiger partial charge < -0.3 is 10.2 Å². The molecule has 2 aromatic rings. The van der Waals surface area contributed by atoms with Crippen LogP contribution >= 0.6 is 11.6 Å². The SMILES string of the molecule is CN1CCc2cc(NCc3ccc(Cl)cc3)ccc21. The maximum atomic E-state index is 5.88. The molecule has 0 bridgehead atoms. The van der Waals surface area contributed by atoms with E-state index in [2.05, 4.69) is 47.6 Å². The minimum atomic E-state index is 0.782. The van der Waals surface area contributed by atoms with Gasteiger partial charge >= 0.3 is 0 Å². The van der Waals surface area contributed by atoms with E-state index in [0.29, 0.717) is 0 Å². The Labute approximate surface area is 119 Å². The predicted octanol–water partition coefficient (Wildman–Crippen LogP) is 3.94. The molecule has 19 heavy (non-hydrogen) atoms. The van der Waals surface area contributed by atoms with Crippen LogP contribution in [0.2, 0.25) is 5.02 Å². The van der Waals surface area contributed by atoms with Gasteiger partial charge in [-0.15, -0.1) is 0 Å². The third-order valence-corrected chi connectivity index (χ3v) is 3.87. The zero-order valence-electron chi connectivity index (χ0n) is 11.0. The second kappa shape index (κ2) is 5.14. The van der Waals surface area contributed by atoms with Gasteiger partial charge in [-0.2, -0.15) is 0 Å². The van der Waals surface area contributed by atoms with Crippen LogP contribution in [0, 0.1) is 0 Å². The fourth-order valence-electron chi connectivity index (χ4n) is 2.48. The Hall–Kier alpha value is -1.67. The van der Waals surface area contributed by atoms with Crippen LogP contribution in [0.4, 0.5) is 11.4 Å². The average molecular weight is 273 g/mol. The van der Waals surface area contributed by atoms with Gasteiger partial charge in [0.1, 0.15) is 0 Å². The van der Waals surface area contributed by atoms with Gasteiger partial charge in [-0.3, -0.25) is 0 Å². The van der Waals surface area contributed by atoms with E-state index in [9.17, 15) is 0 Å². The summed E-state index contributed by atoms with van der Waals surface area (Å²) in [6.07, 6.45) is 1.14. The van der Waals surface area contributed by atoms with E-state index in [0.717, 1.165) is 24.5 Å². The number of rotatable bonds is 3. The van der Waals surface area contributed by atoms with E-state index in [-0.39, 0.29) is 0 Å². The molecule has 1 aliphatic heterocycles. The maximum absolute atomic E-state index is 5.88. The van der Waals surface area contributed by atoms with Gasteiger partial charge in [0, 0.05) is 36.5 Å². The molecule has 2 aromatic carbocycles. The predicted molar refractivity (Wildman–Crippen MR) is 82.2 cm³/mol. The van der Waals surface area contributed by atoms with E-state index in [1.54, 1.807) is 0 Å². The van der Waals surface area contributed by atoms with Crippen LogP contribution in [0.5, 0.6) is 0 Å². The molecule has 0 unspecified atom stereocenters. The number of hydrogen-bond donors (Lipinski definition) is 1. The molecule has 0 saturated carbocycles. The van der Waals surface area contributed by atoms with Gasteiger partial charge in [-0.1, -0.05) is 23.7 Å². The molecule has 1 heterocycles. The molecule has 0 radical (unpaired) electrons. The van der Waals surface area contributed by atoms with Crippen molar-refractivity contribution in [2.45, 2.75) is 13.0 Å². The van der Waals surface area contributed by atoms with E-state index in [1.807, 2.05) is 12.1 Å². The van der Waals surface area contributed by atoms with Crippen molar-refractivity contribution in [1.29, 1.82) is 0 Å². The van der Waals surface area contributed by atoms with Crippen molar-refractivity contribution in [3.05, 3.63) is 58.6 Å². The van der Waals surface area contributed by atoms with E-state index in [1.165, 1.54) is 22.5 Å². The van der Waals surface area contributed by atoms with Gasteiger partial charge in [0.25, 0.3) is 0 Å². The van der Waals surface area contributed by atoms with E-state index < -0.39 is 0 Å². The molecular formula is C16H17ClN2. The molecule has 0 amide bonds. The van der Waals surface area contributed by atoms with Gasteiger partial charge in [-0.25, -0.2) is 0 Å². The fourth-order valence-corrected chi connectivity index (χ4v) is 2.61. The monoisotopic (exact) mass is 272 g/mol. The van der Waals surface area contributed by atoms with Gasteiger partial charge in [0.15, 0.2) is 0 Å². The van der Waals surface area contributed by atoms with E-state index in [4.69, 9.17) is 11.6 Å². The van der Waals surface area contributed by atoms with Crippen LogP contribution in [0.25, 0.3) is 0 Å². The highest BCUT2D eigenvalue weighted by Crippen LogP contribution is 2.29.